The van der Waals surface area contributed by atoms with Crippen molar-refractivity contribution in [1.82, 2.24) is 19.6 Å². The van der Waals surface area contributed by atoms with Crippen LogP contribution in [0.25, 0.3) is 0 Å². The molecular weight excluding hydrogens is 440 g/mol. The molecule has 0 unspecified atom stereocenters. The molecule has 1 aliphatic rings. The maximum Gasteiger partial charge on any atom is 0.0976 e. The molecule has 1 saturated heterocycles. The molecule has 204 valence electrons. The van der Waals surface area contributed by atoms with Crippen LogP contribution in [0.4, 0.5) is 0 Å². The summed E-state index contributed by atoms with van der Waals surface area (Å²) in [5, 5.41) is 0. The van der Waals surface area contributed by atoms with Crippen LogP contribution in [0.5, 0.6) is 0 Å². The lowest BCUT2D eigenvalue weighted by Gasteiger charge is -2.32. The quantitative estimate of drug-likeness (QED) is 0.456. The fourth-order valence-corrected chi connectivity index (χ4v) is 3.79. The molecule has 10 nitrogen and oxygen atoms in total. The van der Waals surface area contributed by atoms with Gasteiger partial charge in [0.15, 0.2) is 0 Å². The summed E-state index contributed by atoms with van der Waals surface area (Å²) >= 11 is 0. The van der Waals surface area contributed by atoms with E-state index in [0.29, 0.717) is 52.9 Å². The van der Waals surface area contributed by atoms with Gasteiger partial charge in [0.25, 0.3) is 0 Å². The average Bonchev–Trinajstić information content (AvgIpc) is 2.72. The van der Waals surface area contributed by atoms with Crippen molar-refractivity contribution in [2.75, 3.05) is 135 Å². The van der Waals surface area contributed by atoms with E-state index in [1.54, 1.807) is 0 Å². The Labute approximate surface area is 208 Å². The van der Waals surface area contributed by atoms with E-state index in [0.717, 1.165) is 26.2 Å². The van der Waals surface area contributed by atoms with Gasteiger partial charge < -0.3 is 48.0 Å². The van der Waals surface area contributed by atoms with Crippen molar-refractivity contribution in [2.24, 2.45) is 0 Å². The number of ether oxygens (including phenoxy) is 6. The van der Waals surface area contributed by atoms with Gasteiger partial charge in [-0.2, -0.15) is 0 Å². The second kappa shape index (κ2) is 18.8. The zero-order valence-electron chi connectivity index (χ0n) is 23.0. The summed E-state index contributed by atoms with van der Waals surface area (Å²) in [6, 6.07) is 0. The van der Waals surface area contributed by atoms with E-state index in [1.807, 2.05) is 56.4 Å². The Hall–Kier alpha value is -0.400. The summed E-state index contributed by atoms with van der Waals surface area (Å²) in [7, 11) is 16.4. The zero-order chi connectivity index (χ0) is 25.3. The molecule has 0 aromatic heterocycles. The highest BCUT2D eigenvalue weighted by Gasteiger charge is 2.26. The normalized spacial score (nSPS) is 27.9. The van der Waals surface area contributed by atoms with Crippen molar-refractivity contribution in [1.29, 1.82) is 0 Å². The Kier molecular flexibility index (Phi) is 17.5. The Balaban J connectivity index is 2.78. The Morgan fingerprint density at radius 1 is 0.382 bits per heavy atom. The lowest BCUT2D eigenvalue weighted by molar-refractivity contribution is -0.124. The monoisotopic (exact) mass is 492 g/mol. The van der Waals surface area contributed by atoms with Crippen molar-refractivity contribution < 1.29 is 28.4 Å². The second-order valence-electron chi connectivity index (χ2n) is 9.91. The number of hydrogen-bond donors (Lipinski definition) is 0. The molecule has 10 heteroatoms. The van der Waals surface area contributed by atoms with Crippen LogP contribution in [0.2, 0.25) is 0 Å². The first kappa shape index (κ1) is 31.6. The predicted molar refractivity (Wildman–Crippen MR) is 135 cm³/mol. The third-order valence-corrected chi connectivity index (χ3v) is 5.25. The highest BCUT2D eigenvalue weighted by molar-refractivity contribution is 4.77. The largest absolute Gasteiger partial charge is 0.377 e. The molecule has 0 N–H and O–H groups in total. The first-order valence-corrected chi connectivity index (χ1v) is 12.4. The topological polar surface area (TPSA) is 68.3 Å². The van der Waals surface area contributed by atoms with Gasteiger partial charge in [0.1, 0.15) is 0 Å². The van der Waals surface area contributed by atoms with Crippen LogP contribution < -0.4 is 0 Å². The first-order valence-electron chi connectivity index (χ1n) is 12.4. The van der Waals surface area contributed by atoms with Gasteiger partial charge in [0, 0.05) is 26.2 Å². The standard InChI is InChI=1S/C24H52N4O6/c1-25(2)17-21-22(18-26(3)4)32-14-10-30-12-16-34-24(20-28(7)8)23(19-27(5)6)33-15-11-29-9-13-31-21/h21-24H,9-20H2,1-8H3/t21-,22+,23-,24+. The Bertz CT molecular complexity index is 402. The average molecular weight is 493 g/mol. The predicted octanol–water partition coefficient (Wildman–Crippen LogP) is -0.180. The van der Waals surface area contributed by atoms with E-state index in [-0.39, 0.29) is 24.4 Å². The second-order valence-corrected chi connectivity index (χ2v) is 9.91. The zero-order valence-corrected chi connectivity index (χ0v) is 23.0. The molecule has 0 aromatic rings. The van der Waals surface area contributed by atoms with Crippen molar-refractivity contribution in [3.05, 3.63) is 0 Å². The summed E-state index contributed by atoms with van der Waals surface area (Å²) in [4.78, 5) is 8.50. The molecule has 0 radical (unpaired) electrons. The van der Waals surface area contributed by atoms with Gasteiger partial charge >= 0.3 is 0 Å². The first-order chi connectivity index (χ1) is 16.2. The Morgan fingerprint density at radius 2 is 0.588 bits per heavy atom. The van der Waals surface area contributed by atoms with Crippen LogP contribution >= 0.6 is 0 Å². The van der Waals surface area contributed by atoms with Gasteiger partial charge in [-0.1, -0.05) is 0 Å². The summed E-state index contributed by atoms with van der Waals surface area (Å²) < 4.78 is 36.5. The highest BCUT2D eigenvalue weighted by atomic mass is 16.6. The van der Waals surface area contributed by atoms with Crippen molar-refractivity contribution in [3.63, 3.8) is 0 Å². The fourth-order valence-electron chi connectivity index (χ4n) is 3.79. The van der Waals surface area contributed by atoms with E-state index >= 15 is 0 Å². The van der Waals surface area contributed by atoms with Gasteiger partial charge in [0.2, 0.25) is 0 Å². The number of likely N-dealkylation sites (N-methyl/N-ethyl adjacent to an activating group) is 4. The molecule has 1 rings (SSSR count). The number of nitrogens with zero attached hydrogens (tertiary/aromatic N) is 4. The minimum absolute atomic E-state index is 0.0595. The summed E-state index contributed by atoms with van der Waals surface area (Å²) in [5.74, 6) is 0. The van der Waals surface area contributed by atoms with E-state index in [2.05, 4.69) is 19.6 Å². The minimum atomic E-state index is -0.0595. The lowest BCUT2D eigenvalue weighted by atomic mass is 10.1. The van der Waals surface area contributed by atoms with Gasteiger partial charge in [-0.15, -0.1) is 0 Å². The van der Waals surface area contributed by atoms with Crippen molar-refractivity contribution in [3.8, 4) is 0 Å². The molecule has 0 aromatic carbocycles. The highest BCUT2D eigenvalue weighted by Crippen LogP contribution is 2.10. The Morgan fingerprint density at radius 3 is 0.765 bits per heavy atom. The van der Waals surface area contributed by atoms with Crippen LogP contribution in [-0.4, -0.2) is 179 Å². The van der Waals surface area contributed by atoms with Crippen molar-refractivity contribution in [2.45, 2.75) is 24.4 Å². The molecule has 1 aliphatic heterocycles. The smallest absolute Gasteiger partial charge is 0.0976 e. The molecule has 1 fully saturated rings. The van der Waals surface area contributed by atoms with Gasteiger partial charge in [-0.25, -0.2) is 0 Å². The number of hydrogen-bond acceptors (Lipinski definition) is 10. The molecule has 4 atom stereocenters. The van der Waals surface area contributed by atoms with Crippen LogP contribution in [0.15, 0.2) is 0 Å². The molecule has 0 spiro atoms. The van der Waals surface area contributed by atoms with Gasteiger partial charge in [0.05, 0.1) is 77.3 Å². The SMILES string of the molecule is CN(C)C[C@@H]1OCCOCCO[C@@H](CN(C)C)[C@@H](CN(C)C)OCCOCCO[C@@H]1CN(C)C. The van der Waals surface area contributed by atoms with E-state index in [4.69, 9.17) is 28.4 Å². The summed E-state index contributed by atoms with van der Waals surface area (Å²) in [6.07, 6.45) is -0.238. The summed E-state index contributed by atoms with van der Waals surface area (Å²) in [6.45, 7) is 7.19. The molecule has 0 saturated carbocycles. The maximum atomic E-state index is 6.21. The molecule has 0 bridgehead atoms. The third kappa shape index (κ3) is 15.6. The van der Waals surface area contributed by atoms with E-state index < -0.39 is 0 Å². The third-order valence-electron chi connectivity index (χ3n) is 5.25. The van der Waals surface area contributed by atoms with Crippen LogP contribution in [0.3, 0.4) is 0 Å². The molecular formula is C24H52N4O6. The van der Waals surface area contributed by atoms with Crippen molar-refractivity contribution >= 4 is 0 Å². The molecule has 0 aliphatic carbocycles. The van der Waals surface area contributed by atoms with Crippen LogP contribution in [-0.2, 0) is 28.4 Å². The van der Waals surface area contributed by atoms with E-state index in [9.17, 15) is 0 Å². The minimum Gasteiger partial charge on any atom is -0.377 e. The fraction of sp³-hybridized carbons (Fsp3) is 1.00. The number of rotatable bonds is 8. The maximum absolute atomic E-state index is 6.21. The van der Waals surface area contributed by atoms with Gasteiger partial charge in [-0.05, 0) is 56.4 Å². The van der Waals surface area contributed by atoms with Crippen LogP contribution in [0, 0.1) is 0 Å². The lowest BCUT2D eigenvalue weighted by Crippen LogP contribution is -2.46. The van der Waals surface area contributed by atoms with Crippen LogP contribution in [0.1, 0.15) is 0 Å². The molecule has 1 heterocycles. The van der Waals surface area contributed by atoms with E-state index in [1.165, 1.54) is 0 Å². The van der Waals surface area contributed by atoms with Gasteiger partial charge in [-0.3, -0.25) is 0 Å². The summed E-state index contributed by atoms with van der Waals surface area (Å²) in [5.41, 5.74) is 0. The molecule has 0 amide bonds. The molecule has 34 heavy (non-hydrogen) atoms.